The van der Waals surface area contributed by atoms with Crippen molar-refractivity contribution in [2.24, 2.45) is 0 Å². The highest BCUT2D eigenvalue weighted by molar-refractivity contribution is 6.42. The molecule has 1 N–H and O–H groups in total. The normalized spacial score (nSPS) is 10.3. The van der Waals surface area contributed by atoms with Crippen LogP contribution in [0.25, 0.3) is 0 Å². The zero-order valence-electron chi connectivity index (χ0n) is 11.6. The van der Waals surface area contributed by atoms with Crippen molar-refractivity contribution in [1.29, 1.82) is 0 Å². The first-order valence-corrected chi connectivity index (χ1v) is 7.81. The summed E-state index contributed by atoms with van der Waals surface area (Å²) >= 11 is 17.5. The molecule has 2 rings (SSSR count). The molecule has 2 aromatic carbocycles. The van der Waals surface area contributed by atoms with Crippen molar-refractivity contribution in [2.75, 3.05) is 11.9 Å². The Bertz CT molecular complexity index is 644. The van der Waals surface area contributed by atoms with Gasteiger partial charge in [0.2, 0.25) is 5.91 Å². The van der Waals surface area contributed by atoms with E-state index in [1.54, 1.807) is 42.5 Å². The molecule has 0 radical (unpaired) electrons. The number of nitrogens with one attached hydrogen (secondary N) is 1. The molecule has 0 bridgehead atoms. The number of hydrogen-bond acceptors (Lipinski definition) is 2. The van der Waals surface area contributed by atoms with Gasteiger partial charge in [0.15, 0.2) is 0 Å². The van der Waals surface area contributed by atoms with E-state index in [-0.39, 0.29) is 5.91 Å². The highest BCUT2D eigenvalue weighted by atomic mass is 35.5. The average molecular weight is 359 g/mol. The van der Waals surface area contributed by atoms with Crippen LogP contribution in [0.4, 0.5) is 5.69 Å². The molecule has 0 spiro atoms. The van der Waals surface area contributed by atoms with Crippen molar-refractivity contribution in [3.8, 4) is 5.75 Å². The molecule has 0 aliphatic heterocycles. The molecule has 6 heteroatoms. The van der Waals surface area contributed by atoms with Crippen LogP contribution in [0, 0.1) is 0 Å². The number of carbonyl (C=O) groups is 1. The van der Waals surface area contributed by atoms with Gasteiger partial charge in [0.1, 0.15) is 5.75 Å². The number of halogens is 3. The van der Waals surface area contributed by atoms with Crippen molar-refractivity contribution in [3.63, 3.8) is 0 Å². The number of anilines is 1. The predicted octanol–water partition coefficient (Wildman–Crippen LogP) is 5.44. The number of amides is 1. The van der Waals surface area contributed by atoms with Crippen molar-refractivity contribution in [2.45, 2.75) is 12.8 Å². The maximum atomic E-state index is 11.8. The van der Waals surface area contributed by atoms with E-state index in [4.69, 9.17) is 39.5 Å². The Balaban J connectivity index is 1.71. The molecule has 0 heterocycles. The monoisotopic (exact) mass is 357 g/mol. The largest absolute Gasteiger partial charge is 0.494 e. The van der Waals surface area contributed by atoms with Crippen LogP contribution in [-0.2, 0) is 4.79 Å². The van der Waals surface area contributed by atoms with Crippen molar-refractivity contribution in [3.05, 3.63) is 57.5 Å². The third kappa shape index (κ3) is 5.41. The van der Waals surface area contributed by atoms with Gasteiger partial charge < -0.3 is 10.1 Å². The molecule has 0 atom stereocenters. The molecule has 2 aromatic rings. The number of hydrogen-bond donors (Lipinski definition) is 1. The van der Waals surface area contributed by atoms with E-state index in [1.165, 1.54) is 0 Å². The average Bonchev–Trinajstić information content (AvgIpc) is 2.49. The molecule has 0 fully saturated rings. The number of ether oxygens (including phenoxy) is 1. The van der Waals surface area contributed by atoms with Crippen LogP contribution in [0.1, 0.15) is 12.8 Å². The highest BCUT2D eigenvalue weighted by Gasteiger charge is 2.05. The van der Waals surface area contributed by atoms with E-state index >= 15 is 0 Å². The van der Waals surface area contributed by atoms with Gasteiger partial charge in [-0.3, -0.25) is 4.79 Å². The Morgan fingerprint density at radius 3 is 2.41 bits per heavy atom. The van der Waals surface area contributed by atoms with E-state index < -0.39 is 0 Å². The number of benzene rings is 2. The summed E-state index contributed by atoms with van der Waals surface area (Å²) in [6.45, 7) is 0.455. The lowest BCUT2D eigenvalue weighted by Crippen LogP contribution is -2.12. The summed E-state index contributed by atoms with van der Waals surface area (Å²) in [6.07, 6.45) is 0.962. The second-order valence-electron chi connectivity index (χ2n) is 4.58. The van der Waals surface area contributed by atoms with Crippen LogP contribution in [0.3, 0.4) is 0 Å². The van der Waals surface area contributed by atoms with Crippen LogP contribution in [0.2, 0.25) is 15.1 Å². The van der Waals surface area contributed by atoms with Gasteiger partial charge in [-0.05, 0) is 48.9 Å². The third-order valence-corrected chi connectivity index (χ3v) is 3.82. The second-order valence-corrected chi connectivity index (χ2v) is 5.83. The van der Waals surface area contributed by atoms with Gasteiger partial charge in [-0.1, -0.05) is 34.8 Å². The zero-order chi connectivity index (χ0) is 15.9. The Kier molecular flexibility index (Phi) is 6.37. The highest BCUT2D eigenvalue weighted by Crippen LogP contribution is 2.25. The van der Waals surface area contributed by atoms with Gasteiger partial charge in [-0.2, -0.15) is 0 Å². The first kappa shape index (κ1) is 16.9. The minimum atomic E-state index is -0.0990. The van der Waals surface area contributed by atoms with Gasteiger partial charge in [-0.15, -0.1) is 0 Å². The molecule has 3 nitrogen and oxygen atoms in total. The number of carbonyl (C=O) groups excluding carboxylic acids is 1. The molecule has 0 aromatic heterocycles. The molecular weight excluding hydrogens is 345 g/mol. The van der Waals surface area contributed by atoms with E-state index in [1.807, 2.05) is 0 Å². The fourth-order valence-electron chi connectivity index (χ4n) is 1.75. The lowest BCUT2D eigenvalue weighted by molar-refractivity contribution is -0.116. The minimum Gasteiger partial charge on any atom is -0.494 e. The summed E-state index contributed by atoms with van der Waals surface area (Å²) in [7, 11) is 0. The summed E-state index contributed by atoms with van der Waals surface area (Å²) in [6, 6.07) is 12.1. The molecule has 22 heavy (non-hydrogen) atoms. The Morgan fingerprint density at radius 1 is 1.00 bits per heavy atom. The van der Waals surface area contributed by atoms with Gasteiger partial charge in [0.25, 0.3) is 0 Å². The molecule has 0 unspecified atom stereocenters. The topological polar surface area (TPSA) is 38.3 Å². The zero-order valence-corrected chi connectivity index (χ0v) is 13.9. The molecular formula is C16H14Cl3NO2. The number of rotatable bonds is 6. The van der Waals surface area contributed by atoms with Crippen LogP contribution < -0.4 is 10.1 Å². The summed E-state index contributed by atoms with van der Waals surface area (Å²) in [5, 5.41) is 4.28. The smallest absolute Gasteiger partial charge is 0.224 e. The van der Waals surface area contributed by atoms with E-state index in [0.717, 1.165) is 5.75 Å². The first-order chi connectivity index (χ1) is 10.5. The third-order valence-electron chi connectivity index (χ3n) is 2.83. The quantitative estimate of drug-likeness (QED) is 0.698. The van der Waals surface area contributed by atoms with Crippen LogP contribution in [-0.4, -0.2) is 12.5 Å². The van der Waals surface area contributed by atoms with Crippen molar-refractivity contribution in [1.82, 2.24) is 0 Å². The van der Waals surface area contributed by atoms with E-state index in [0.29, 0.717) is 40.2 Å². The van der Waals surface area contributed by atoms with Gasteiger partial charge in [-0.25, -0.2) is 0 Å². The van der Waals surface area contributed by atoms with Crippen molar-refractivity contribution >= 4 is 46.4 Å². The van der Waals surface area contributed by atoms with Crippen LogP contribution >= 0.6 is 34.8 Å². The molecule has 0 saturated heterocycles. The minimum absolute atomic E-state index is 0.0990. The predicted molar refractivity (Wildman–Crippen MR) is 91.3 cm³/mol. The van der Waals surface area contributed by atoms with E-state index in [2.05, 4.69) is 5.32 Å². The molecule has 116 valence electrons. The molecule has 0 saturated carbocycles. The maximum Gasteiger partial charge on any atom is 0.224 e. The Hall–Kier alpha value is -1.42. The maximum absolute atomic E-state index is 11.8. The second kappa shape index (κ2) is 8.28. The van der Waals surface area contributed by atoms with Crippen LogP contribution in [0.15, 0.2) is 42.5 Å². The summed E-state index contributed by atoms with van der Waals surface area (Å²) in [5.74, 6) is 0.632. The van der Waals surface area contributed by atoms with E-state index in [9.17, 15) is 4.79 Å². The molecule has 1 amide bonds. The van der Waals surface area contributed by atoms with Crippen LogP contribution in [0.5, 0.6) is 5.75 Å². The first-order valence-electron chi connectivity index (χ1n) is 6.68. The summed E-state index contributed by atoms with van der Waals surface area (Å²) < 4.78 is 5.52. The molecule has 0 aliphatic rings. The molecule has 0 aliphatic carbocycles. The van der Waals surface area contributed by atoms with Gasteiger partial charge in [0.05, 0.1) is 16.7 Å². The lowest BCUT2D eigenvalue weighted by Gasteiger charge is -2.08. The Morgan fingerprint density at radius 2 is 1.73 bits per heavy atom. The standard InChI is InChI=1S/C16H14Cl3NO2/c17-11-3-6-13(7-4-11)22-9-1-2-16(21)20-12-5-8-14(18)15(19)10-12/h3-8,10H,1-2,9H2,(H,20,21). The summed E-state index contributed by atoms with van der Waals surface area (Å²) in [4.78, 5) is 11.8. The lowest BCUT2D eigenvalue weighted by atomic mass is 10.2. The summed E-state index contributed by atoms with van der Waals surface area (Å²) in [5.41, 5.74) is 0.623. The van der Waals surface area contributed by atoms with Gasteiger partial charge in [0, 0.05) is 17.1 Å². The fourth-order valence-corrected chi connectivity index (χ4v) is 2.18. The van der Waals surface area contributed by atoms with Gasteiger partial charge >= 0.3 is 0 Å². The van der Waals surface area contributed by atoms with Crippen molar-refractivity contribution < 1.29 is 9.53 Å². The fraction of sp³-hybridized carbons (Fsp3) is 0.188. The SMILES string of the molecule is O=C(CCCOc1ccc(Cl)cc1)Nc1ccc(Cl)c(Cl)c1. The Labute approximate surface area is 144 Å².